The third-order valence-corrected chi connectivity index (χ3v) is 5.00. The van der Waals surface area contributed by atoms with E-state index in [-0.39, 0.29) is 5.82 Å². The van der Waals surface area contributed by atoms with Crippen LogP contribution in [0.15, 0.2) is 28.8 Å². The van der Waals surface area contributed by atoms with Crippen LogP contribution in [0, 0.1) is 5.92 Å². The number of nitrogens with zero attached hydrogens (tertiary/aromatic N) is 3. The van der Waals surface area contributed by atoms with E-state index >= 15 is 0 Å². The number of rotatable bonds is 6. The van der Waals surface area contributed by atoms with Gasteiger partial charge in [0, 0.05) is 13.6 Å². The Morgan fingerprint density at radius 2 is 2.14 bits per heavy atom. The van der Waals surface area contributed by atoms with Crippen LogP contribution in [0.4, 0.5) is 13.2 Å². The quantitative estimate of drug-likeness (QED) is 0.811. The lowest BCUT2D eigenvalue weighted by molar-refractivity contribution is -0.138. The molecule has 6 nitrogen and oxygen atoms in total. The van der Waals surface area contributed by atoms with E-state index in [1.165, 1.54) is 13.1 Å². The zero-order valence-electron chi connectivity index (χ0n) is 15.6. The molecule has 152 valence electrons. The summed E-state index contributed by atoms with van der Waals surface area (Å²) in [5, 5.41) is 6.08. The van der Waals surface area contributed by atoms with Crippen LogP contribution in [0.1, 0.15) is 46.9 Å². The summed E-state index contributed by atoms with van der Waals surface area (Å²) in [5.41, 5.74) is -0.200. The van der Waals surface area contributed by atoms with Crippen molar-refractivity contribution in [2.24, 2.45) is 5.92 Å². The molecule has 9 heteroatoms. The van der Waals surface area contributed by atoms with Crippen LogP contribution in [0.25, 0.3) is 0 Å². The highest BCUT2D eigenvalue weighted by atomic mass is 19.4. The number of aromatic nitrogens is 2. The van der Waals surface area contributed by atoms with Gasteiger partial charge in [-0.25, -0.2) is 0 Å². The first kappa shape index (κ1) is 20.3. The number of amides is 1. The highest BCUT2D eigenvalue weighted by Crippen LogP contribution is 2.33. The van der Waals surface area contributed by atoms with Crippen molar-refractivity contribution in [3.05, 3.63) is 47.1 Å². The van der Waals surface area contributed by atoms with Gasteiger partial charge < -0.3 is 9.84 Å². The van der Waals surface area contributed by atoms with Crippen LogP contribution in [0.3, 0.4) is 0 Å². The van der Waals surface area contributed by atoms with Crippen molar-refractivity contribution in [2.75, 3.05) is 20.1 Å². The minimum atomic E-state index is -4.32. The summed E-state index contributed by atoms with van der Waals surface area (Å²) >= 11 is 0. The SMILES string of the molecule is CNC(=O)c1noc(CN2CCC[C@H](CCc3ccccc3C(F)(F)F)C2)n1. The maximum Gasteiger partial charge on any atom is 0.416 e. The third kappa shape index (κ3) is 5.09. The van der Waals surface area contributed by atoms with Crippen molar-refractivity contribution in [3.8, 4) is 0 Å². The normalized spacial score (nSPS) is 18.2. The molecule has 0 aliphatic carbocycles. The van der Waals surface area contributed by atoms with Crippen molar-refractivity contribution < 1.29 is 22.5 Å². The van der Waals surface area contributed by atoms with E-state index in [9.17, 15) is 18.0 Å². The summed E-state index contributed by atoms with van der Waals surface area (Å²) in [7, 11) is 1.49. The number of aryl methyl sites for hydroxylation is 1. The van der Waals surface area contributed by atoms with E-state index in [1.54, 1.807) is 12.1 Å². The summed E-state index contributed by atoms with van der Waals surface area (Å²) in [6.45, 7) is 2.04. The molecule has 1 fully saturated rings. The molecule has 1 aromatic heterocycles. The Balaban J connectivity index is 1.56. The molecule has 0 bridgehead atoms. The largest absolute Gasteiger partial charge is 0.416 e. The molecule has 1 saturated heterocycles. The van der Waals surface area contributed by atoms with E-state index in [0.29, 0.717) is 36.8 Å². The van der Waals surface area contributed by atoms with Crippen LogP contribution in [0.2, 0.25) is 0 Å². The van der Waals surface area contributed by atoms with Gasteiger partial charge in [0.1, 0.15) is 0 Å². The van der Waals surface area contributed by atoms with Gasteiger partial charge in [-0.2, -0.15) is 18.2 Å². The second kappa shape index (κ2) is 8.72. The smallest absolute Gasteiger partial charge is 0.352 e. The molecule has 1 aromatic carbocycles. The predicted molar refractivity (Wildman–Crippen MR) is 95.5 cm³/mol. The summed E-state index contributed by atoms with van der Waals surface area (Å²) in [5.74, 6) is 0.253. The van der Waals surface area contributed by atoms with Gasteiger partial charge in [0.15, 0.2) is 0 Å². The Bertz CT molecular complexity index is 806. The summed E-state index contributed by atoms with van der Waals surface area (Å²) in [6, 6.07) is 5.77. The average molecular weight is 396 g/mol. The van der Waals surface area contributed by atoms with Gasteiger partial charge in [-0.3, -0.25) is 9.69 Å². The third-order valence-electron chi connectivity index (χ3n) is 5.00. The minimum Gasteiger partial charge on any atom is -0.352 e. The maximum absolute atomic E-state index is 13.1. The van der Waals surface area contributed by atoms with E-state index < -0.39 is 17.6 Å². The Morgan fingerprint density at radius 1 is 1.36 bits per heavy atom. The van der Waals surface area contributed by atoms with Crippen molar-refractivity contribution in [1.29, 1.82) is 0 Å². The minimum absolute atomic E-state index is 0.00480. The lowest BCUT2D eigenvalue weighted by Crippen LogP contribution is -2.35. The number of carbonyl (C=O) groups is 1. The number of hydrogen-bond acceptors (Lipinski definition) is 5. The Morgan fingerprint density at radius 3 is 2.89 bits per heavy atom. The molecule has 3 rings (SSSR count). The summed E-state index contributed by atoms with van der Waals surface area (Å²) in [4.78, 5) is 17.7. The Kier molecular flexibility index (Phi) is 6.33. The van der Waals surface area contributed by atoms with Crippen LogP contribution in [-0.2, 0) is 19.1 Å². The maximum atomic E-state index is 13.1. The zero-order chi connectivity index (χ0) is 20.1. The van der Waals surface area contributed by atoms with Crippen molar-refractivity contribution in [2.45, 2.75) is 38.4 Å². The van der Waals surface area contributed by atoms with Crippen LogP contribution >= 0.6 is 0 Å². The topological polar surface area (TPSA) is 71.3 Å². The molecule has 2 aromatic rings. The van der Waals surface area contributed by atoms with Crippen LogP contribution in [0.5, 0.6) is 0 Å². The highest BCUT2D eigenvalue weighted by Gasteiger charge is 2.33. The second-order valence-electron chi connectivity index (χ2n) is 7.03. The standard InChI is InChI=1S/C19H23F3N4O2/c1-23-18(27)17-24-16(28-25-17)12-26-10-4-5-13(11-26)8-9-14-6-2-3-7-15(14)19(20,21)22/h2-3,6-7,13H,4-5,8-12H2,1H3,(H,23,27)/t13-/m1/s1. The number of hydrogen-bond donors (Lipinski definition) is 1. The zero-order valence-corrected chi connectivity index (χ0v) is 15.6. The molecule has 1 N–H and O–H groups in total. The number of nitrogens with one attached hydrogen (secondary N) is 1. The van der Waals surface area contributed by atoms with Gasteiger partial charge in [0.25, 0.3) is 11.7 Å². The molecule has 0 unspecified atom stereocenters. The Labute approximate surface area is 161 Å². The second-order valence-corrected chi connectivity index (χ2v) is 7.03. The lowest BCUT2D eigenvalue weighted by Gasteiger charge is -2.31. The van der Waals surface area contributed by atoms with E-state index in [4.69, 9.17) is 4.52 Å². The molecule has 1 aliphatic heterocycles. The first-order chi connectivity index (χ1) is 13.4. The van der Waals surface area contributed by atoms with Gasteiger partial charge in [0.05, 0.1) is 12.1 Å². The van der Waals surface area contributed by atoms with Crippen molar-refractivity contribution in [3.63, 3.8) is 0 Å². The van der Waals surface area contributed by atoms with Gasteiger partial charge in [0.2, 0.25) is 5.89 Å². The average Bonchev–Trinajstić information content (AvgIpc) is 3.14. The summed E-state index contributed by atoms with van der Waals surface area (Å²) < 4.78 is 44.5. The van der Waals surface area contributed by atoms with Crippen LogP contribution < -0.4 is 5.32 Å². The Hall–Kier alpha value is -2.42. The van der Waals surface area contributed by atoms with E-state index in [2.05, 4.69) is 20.4 Å². The van der Waals surface area contributed by atoms with Crippen LogP contribution in [-0.4, -0.2) is 41.1 Å². The predicted octanol–water partition coefficient (Wildman–Crippen LogP) is 3.29. The number of piperidine rings is 1. The first-order valence-electron chi connectivity index (χ1n) is 9.29. The molecule has 0 saturated carbocycles. The first-order valence-corrected chi connectivity index (χ1v) is 9.29. The van der Waals surface area contributed by atoms with Gasteiger partial charge in [-0.05, 0) is 49.8 Å². The number of likely N-dealkylation sites (tertiary alicyclic amines) is 1. The lowest BCUT2D eigenvalue weighted by atomic mass is 9.90. The molecular weight excluding hydrogens is 373 g/mol. The number of benzene rings is 1. The number of halogens is 3. The number of alkyl halides is 3. The van der Waals surface area contributed by atoms with Gasteiger partial charge in [-0.15, -0.1) is 0 Å². The fourth-order valence-electron chi connectivity index (χ4n) is 3.62. The molecule has 2 heterocycles. The monoisotopic (exact) mass is 396 g/mol. The van der Waals surface area contributed by atoms with Gasteiger partial charge in [-0.1, -0.05) is 23.4 Å². The molecule has 28 heavy (non-hydrogen) atoms. The molecule has 0 radical (unpaired) electrons. The van der Waals surface area contributed by atoms with E-state index in [0.717, 1.165) is 32.0 Å². The molecular formula is C19H23F3N4O2. The fourth-order valence-corrected chi connectivity index (χ4v) is 3.62. The molecule has 1 aliphatic rings. The molecule has 1 atom stereocenters. The molecule has 1 amide bonds. The summed E-state index contributed by atoms with van der Waals surface area (Å²) in [6.07, 6.45) is -1.29. The van der Waals surface area contributed by atoms with Gasteiger partial charge >= 0.3 is 6.18 Å². The van der Waals surface area contributed by atoms with E-state index in [1.807, 2.05) is 0 Å². The van der Waals surface area contributed by atoms with Crippen molar-refractivity contribution in [1.82, 2.24) is 20.4 Å². The van der Waals surface area contributed by atoms with Crippen molar-refractivity contribution >= 4 is 5.91 Å². The number of carbonyl (C=O) groups excluding carboxylic acids is 1. The molecule has 0 spiro atoms. The fraction of sp³-hybridized carbons (Fsp3) is 0.526. The highest BCUT2D eigenvalue weighted by molar-refractivity contribution is 5.89.